The quantitative estimate of drug-likeness (QED) is 0.116. The van der Waals surface area contributed by atoms with Crippen LogP contribution in [0.1, 0.15) is 125 Å². The van der Waals surface area contributed by atoms with Gasteiger partial charge in [0.25, 0.3) is 0 Å². The molecule has 3 aliphatic rings. The maximum atomic E-state index is 14.8. The van der Waals surface area contributed by atoms with Gasteiger partial charge in [0.2, 0.25) is 23.5 Å². The van der Waals surface area contributed by atoms with E-state index in [2.05, 4.69) is 17.2 Å². The number of piperidine rings is 1. The van der Waals surface area contributed by atoms with Gasteiger partial charge in [-0.25, -0.2) is 9.59 Å². The van der Waals surface area contributed by atoms with Crippen molar-refractivity contribution in [2.45, 2.75) is 151 Å². The first kappa shape index (κ1) is 47.8. The number of amides is 6. The van der Waals surface area contributed by atoms with Gasteiger partial charge in [-0.15, -0.1) is 6.58 Å². The Morgan fingerprint density at radius 1 is 0.950 bits per heavy atom. The van der Waals surface area contributed by atoms with E-state index in [0.717, 1.165) is 11.1 Å². The highest BCUT2D eigenvalue weighted by Gasteiger charge is 2.47. The van der Waals surface area contributed by atoms with Crippen LogP contribution in [0.5, 0.6) is 0 Å². The number of allylic oxidation sites excluding steroid dienone is 1. The topological polar surface area (TPSA) is 180 Å². The number of nitrogens with one attached hydrogen (secondary N) is 2. The number of fused-ring (bicyclic) bond motifs is 1. The molecule has 14 heteroatoms. The lowest BCUT2D eigenvalue weighted by atomic mass is 9.80. The highest BCUT2D eigenvalue weighted by atomic mass is 16.6. The number of imide groups is 1. The first-order chi connectivity index (χ1) is 27.9. The Hall–Kier alpha value is -4.88. The van der Waals surface area contributed by atoms with Crippen LogP contribution in [0.15, 0.2) is 36.9 Å². The Kier molecular flexibility index (Phi) is 15.7. The first-order valence-corrected chi connectivity index (χ1v) is 21.4. The predicted molar refractivity (Wildman–Crippen MR) is 226 cm³/mol. The first-order valence-electron chi connectivity index (χ1n) is 21.4. The Morgan fingerprint density at radius 3 is 2.17 bits per heavy atom. The molecule has 1 aromatic rings. The SMILES string of the molecule is C=CCCC(=O)C(=O)C(CCC)CC(=O)[C@@H]1C[C@@H](OC(=O)N2CCc3ccccc3C2)CN1C(=O)[C@@H](NC(=O)N[C@H](CN1C(=O)CC(C)(C)CC1=O)C(C)(C)C)C(C)(C)C. The molecule has 6 amide bonds. The molecule has 2 N–H and O–H groups in total. The Bertz CT molecular complexity index is 1810. The van der Waals surface area contributed by atoms with Crippen LogP contribution >= 0.6 is 0 Å². The summed E-state index contributed by atoms with van der Waals surface area (Å²) in [6, 6.07) is 4.17. The third-order valence-electron chi connectivity index (χ3n) is 11.8. The molecule has 5 atom stereocenters. The van der Waals surface area contributed by atoms with Crippen molar-refractivity contribution in [1.29, 1.82) is 0 Å². The van der Waals surface area contributed by atoms with Gasteiger partial charge in [-0.1, -0.05) is 99.1 Å². The van der Waals surface area contributed by atoms with Gasteiger partial charge in [0, 0.05) is 57.7 Å². The van der Waals surface area contributed by atoms with Gasteiger partial charge in [-0.05, 0) is 46.6 Å². The highest BCUT2D eigenvalue weighted by Crippen LogP contribution is 2.34. The number of urea groups is 1. The number of ketones is 3. The summed E-state index contributed by atoms with van der Waals surface area (Å²) >= 11 is 0. The molecular weight excluding hydrogens is 767 g/mol. The van der Waals surface area contributed by atoms with Crippen LogP contribution in [-0.4, -0.2) is 106 Å². The van der Waals surface area contributed by atoms with E-state index < -0.39 is 81.8 Å². The lowest BCUT2D eigenvalue weighted by Gasteiger charge is -2.40. The van der Waals surface area contributed by atoms with E-state index in [0.29, 0.717) is 38.8 Å². The Labute approximate surface area is 355 Å². The largest absolute Gasteiger partial charge is 0.444 e. The van der Waals surface area contributed by atoms with Gasteiger partial charge in [-0.3, -0.25) is 33.7 Å². The normalized spacial score (nSPS) is 20.7. The summed E-state index contributed by atoms with van der Waals surface area (Å²) in [7, 11) is 0. The molecule has 3 aliphatic heterocycles. The summed E-state index contributed by atoms with van der Waals surface area (Å²) in [6.07, 6.45) is 2.01. The smallest absolute Gasteiger partial charge is 0.410 e. The van der Waals surface area contributed by atoms with Crippen molar-refractivity contribution in [1.82, 2.24) is 25.3 Å². The Balaban J connectivity index is 1.58. The van der Waals surface area contributed by atoms with E-state index >= 15 is 0 Å². The van der Waals surface area contributed by atoms with E-state index in [-0.39, 0.29) is 57.0 Å². The van der Waals surface area contributed by atoms with Crippen molar-refractivity contribution in [2.24, 2.45) is 22.2 Å². The standard InChI is InChI=1S/C46H67N5O9/c1-11-13-19-34(52)39(56)30(16-12-2)22-35(53)33-23-32(60-43(59)49-21-20-29-17-14-15-18-31(29)26-49)27-50(33)41(57)40(45(6,7)8)48-42(58)47-36(44(3,4)5)28-51-37(54)24-46(9,10)25-38(51)55/h11,14-15,17-18,30,32-33,36,40H,1,12-13,16,19-28H2,2-10H3,(H2,47,48,58)/t30?,32-,33+,36-,40-/m1/s1. The number of hydrogen-bond acceptors (Lipinski definition) is 9. The van der Waals surface area contributed by atoms with Crippen molar-refractivity contribution in [3.8, 4) is 0 Å². The van der Waals surface area contributed by atoms with Gasteiger partial charge in [0.1, 0.15) is 12.1 Å². The minimum Gasteiger partial charge on any atom is -0.444 e. The molecule has 1 unspecified atom stereocenters. The maximum absolute atomic E-state index is 14.8. The number of nitrogens with zero attached hydrogens (tertiary/aromatic N) is 3. The number of carbonyl (C=O) groups excluding carboxylic acids is 8. The predicted octanol–water partition coefficient (Wildman–Crippen LogP) is 5.93. The van der Waals surface area contributed by atoms with Crippen molar-refractivity contribution >= 4 is 47.2 Å². The van der Waals surface area contributed by atoms with Gasteiger partial charge in [0.05, 0.1) is 18.6 Å². The fraction of sp³-hybridized carbons (Fsp3) is 0.652. The fourth-order valence-electron chi connectivity index (χ4n) is 8.22. The molecule has 2 saturated heterocycles. The van der Waals surface area contributed by atoms with Crippen LogP contribution < -0.4 is 10.6 Å². The molecule has 4 rings (SSSR count). The number of rotatable bonds is 16. The number of likely N-dealkylation sites (tertiary alicyclic amines) is 2. The fourth-order valence-corrected chi connectivity index (χ4v) is 8.22. The third-order valence-corrected chi connectivity index (χ3v) is 11.8. The highest BCUT2D eigenvalue weighted by molar-refractivity contribution is 6.38. The van der Waals surface area contributed by atoms with Crippen LogP contribution in [0, 0.1) is 22.2 Å². The summed E-state index contributed by atoms with van der Waals surface area (Å²) in [5.74, 6) is -3.75. The molecule has 0 saturated carbocycles. The van der Waals surface area contributed by atoms with Gasteiger partial charge in [-0.2, -0.15) is 0 Å². The van der Waals surface area contributed by atoms with Gasteiger partial charge < -0.3 is 25.2 Å². The lowest BCUT2D eigenvalue weighted by Crippen LogP contribution is -2.62. The minimum absolute atomic E-state index is 0.0102. The molecule has 0 bridgehead atoms. The third kappa shape index (κ3) is 12.3. The molecule has 0 radical (unpaired) electrons. The lowest BCUT2D eigenvalue weighted by molar-refractivity contribution is -0.153. The van der Waals surface area contributed by atoms with E-state index in [1.54, 1.807) is 31.7 Å². The van der Waals surface area contributed by atoms with Crippen molar-refractivity contribution in [2.75, 3.05) is 19.6 Å². The summed E-state index contributed by atoms with van der Waals surface area (Å²) in [5, 5.41) is 5.76. The van der Waals surface area contributed by atoms with Crippen LogP contribution in [0.25, 0.3) is 0 Å². The summed E-state index contributed by atoms with van der Waals surface area (Å²) < 4.78 is 6.00. The summed E-state index contributed by atoms with van der Waals surface area (Å²) in [5.41, 5.74) is 0.202. The van der Waals surface area contributed by atoms with Crippen LogP contribution in [-0.2, 0) is 46.5 Å². The molecule has 1 aromatic carbocycles. The molecule has 0 aliphatic carbocycles. The average Bonchev–Trinajstić information content (AvgIpc) is 3.58. The van der Waals surface area contributed by atoms with Crippen molar-refractivity contribution < 1.29 is 43.1 Å². The van der Waals surface area contributed by atoms with Crippen LogP contribution in [0.3, 0.4) is 0 Å². The number of Topliss-reactive ketones (excluding diaryl/α,β-unsaturated/α-hetero) is 3. The van der Waals surface area contributed by atoms with Crippen LogP contribution in [0.4, 0.5) is 9.59 Å². The number of benzene rings is 1. The maximum Gasteiger partial charge on any atom is 0.410 e. The van der Waals surface area contributed by atoms with Gasteiger partial charge in [0.15, 0.2) is 11.6 Å². The second kappa shape index (κ2) is 19.7. The average molecular weight is 834 g/mol. The number of ether oxygens (including phenoxy) is 1. The molecule has 14 nitrogen and oxygen atoms in total. The molecular formula is C46H67N5O9. The second-order valence-electron chi connectivity index (χ2n) is 19.7. The van der Waals surface area contributed by atoms with E-state index in [4.69, 9.17) is 4.74 Å². The van der Waals surface area contributed by atoms with Gasteiger partial charge >= 0.3 is 12.1 Å². The molecule has 2 fully saturated rings. The zero-order valence-corrected chi connectivity index (χ0v) is 37.2. The Morgan fingerprint density at radius 2 is 1.58 bits per heavy atom. The molecule has 0 aromatic heterocycles. The molecule has 0 spiro atoms. The number of hydrogen-bond donors (Lipinski definition) is 2. The van der Waals surface area contributed by atoms with Crippen molar-refractivity contribution in [3.63, 3.8) is 0 Å². The van der Waals surface area contributed by atoms with E-state index in [1.165, 1.54) is 9.80 Å². The zero-order valence-electron chi connectivity index (χ0n) is 37.2. The summed E-state index contributed by atoms with van der Waals surface area (Å²) in [4.78, 5) is 113. The molecule has 3 heterocycles. The van der Waals surface area contributed by atoms with Crippen molar-refractivity contribution in [3.05, 3.63) is 48.0 Å². The summed E-state index contributed by atoms with van der Waals surface area (Å²) in [6.45, 7) is 20.8. The molecule has 60 heavy (non-hydrogen) atoms. The minimum atomic E-state index is -1.19. The molecule has 330 valence electrons. The zero-order chi connectivity index (χ0) is 44.7. The van der Waals surface area contributed by atoms with E-state index in [1.807, 2.05) is 65.8 Å². The second-order valence-corrected chi connectivity index (χ2v) is 19.7. The van der Waals surface area contributed by atoms with Crippen LogP contribution in [0.2, 0.25) is 0 Å². The number of carbonyl (C=O) groups is 8. The monoisotopic (exact) mass is 833 g/mol. The van der Waals surface area contributed by atoms with E-state index in [9.17, 15) is 38.4 Å².